The van der Waals surface area contributed by atoms with E-state index < -0.39 is 0 Å². The van der Waals surface area contributed by atoms with E-state index in [2.05, 4.69) is 44.0 Å². The van der Waals surface area contributed by atoms with Crippen LogP contribution in [0.5, 0.6) is 0 Å². The topological polar surface area (TPSA) is 58.3 Å². The normalized spacial score (nSPS) is 15.6. The van der Waals surface area contributed by atoms with Crippen LogP contribution < -0.4 is 10.6 Å². The Morgan fingerprint density at radius 2 is 1.74 bits per heavy atom. The summed E-state index contributed by atoms with van der Waals surface area (Å²) in [6, 6.07) is 10.4. The number of hydrogen-bond acceptors (Lipinski definition) is 5. The zero-order chi connectivity index (χ0) is 16.1. The summed E-state index contributed by atoms with van der Waals surface area (Å²) < 4.78 is 0. The van der Waals surface area contributed by atoms with Crippen molar-refractivity contribution in [2.75, 3.05) is 31.1 Å². The van der Waals surface area contributed by atoms with E-state index >= 15 is 0 Å². The average Bonchev–Trinajstić information content (AvgIpc) is 2.56. The van der Waals surface area contributed by atoms with Crippen molar-refractivity contribution in [3.05, 3.63) is 53.9 Å². The summed E-state index contributed by atoms with van der Waals surface area (Å²) in [4.78, 5) is 13.9. The van der Waals surface area contributed by atoms with E-state index in [0.29, 0.717) is 11.4 Å². The molecule has 1 saturated heterocycles. The number of nitrogens with two attached hydrogens (primary N) is 1. The van der Waals surface area contributed by atoms with E-state index in [4.69, 9.17) is 18.0 Å². The van der Waals surface area contributed by atoms with Crippen molar-refractivity contribution in [1.29, 1.82) is 0 Å². The molecule has 0 unspecified atom stereocenters. The van der Waals surface area contributed by atoms with Crippen LogP contribution in [0.15, 0.2) is 42.7 Å². The van der Waals surface area contributed by atoms with E-state index in [1.54, 1.807) is 12.4 Å². The molecule has 2 N–H and O–H groups in total. The third-order valence-corrected chi connectivity index (χ3v) is 4.13. The smallest absolute Gasteiger partial charge is 0.225 e. The maximum atomic E-state index is 5.63. The van der Waals surface area contributed by atoms with Crippen LogP contribution in [-0.4, -0.2) is 46.0 Å². The summed E-state index contributed by atoms with van der Waals surface area (Å²) in [5.41, 5.74) is 8.13. The summed E-state index contributed by atoms with van der Waals surface area (Å²) in [5, 5.41) is 0. The van der Waals surface area contributed by atoms with Crippen LogP contribution in [0.1, 0.15) is 11.1 Å². The van der Waals surface area contributed by atoms with Gasteiger partial charge in [-0.3, -0.25) is 4.90 Å². The molecular formula is C17H21N5S. The minimum absolute atomic E-state index is 0.540. The first-order valence-electron chi connectivity index (χ1n) is 7.81. The van der Waals surface area contributed by atoms with Crippen molar-refractivity contribution >= 4 is 23.2 Å². The Kier molecular flexibility index (Phi) is 5.15. The number of piperazine rings is 1. The van der Waals surface area contributed by atoms with Gasteiger partial charge >= 0.3 is 0 Å². The molecule has 23 heavy (non-hydrogen) atoms. The first-order valence-corrected chi connectivity index (χ1v) is 8.22. The first-order chi connectivity index (χ1) is 11.2. The molecule has 0 bridgehead atoms. The van der Waals surface area contributed by atoms with Gasteiger partial charge in [-0.1, -0.05) is 36.5 Å². The van der Waals surface area contributed by atoms with Crippen molar-refractivity contribution < 1.29 is 0 Å². The third-order valence-electron chi connectivity index (χ3n) is 3.98. The van der Waals surface area contributed by atoms with Gasteiger partial charge in [-0.2, -0.15) is 0 Å². The summed E-state index contributed by atoms with van der Waals surface area (Å²) in [5.74, 6) is 0.825. The molecule has 1 aromatic heterocycles. The molecule has 1 aliphatic rings. The number of rotatable bonds is 5. The van der Waals surface area contributed by atoms with E-state index in [1.165, 1.54) is 11.1 Å². The number of benzene rings is 1. The molecule has 6 heteroatoms. The number of hydrogen-bond donors (Lipinski definition) is 1. The lowest BCUT2D eigenvalue weighted by atomic mass is 10.1. The van der Waals surface area contributed by atoms with Gasteiger partial charge in [0.15, 0.2) is 0 Å². The molecule has 0 atom stereocenters. The Morgan fingerprint density at radius 1 is 1.04 bits per heavy atom. The van der Waals surface area contributed by atoms with E-state index in [9.17, 15) is 0 Å². The highest BCUT2D eigenvalue weighted by molar-refractivity contribution is 7.80. The molecule has 0 aliphatic carbocycles. The second kappa shape index (κ2) is 7.48. The van der Waals surface area contributed by atoms with Crippen LogP contribution in [0.2, 0.25) is 0 Å². The number of aromatic nitrogens is 2. The zero-order valence-electron chi connectivity index (χ0n) is 13.1. The van der Waals surface area contributed by atoms with Crippen LogP contribution >= 0.6 is 12.2 Å². The largest absolute Gasteiger partial charge is 0.393 e. The summed E-state index contributed by atoms with van der Waals surface area (Å²) in [6.07, 6.45) is 4.26. The Bertz CT molecular complexity index is 653. The molecule has 1 aromatic carbocycles. The van der Waals surface area contributed by atoms with Crippen LogP contribution in [0, 0.1) is 0 Å². The predicted molar refractivity (Wildman–Crippen MR) is 96.5 cm³/mol. The molecule has 0 saturated carbocycles. The van der Waals surface area contributed by atoms with E-state index in [0.717, 1.165) is 38.7 Å². The lowest BCUT2D eigenvalue weighted by molar-refractivity contribution is 0.248. The SMILES string of the molecule is NC(=S)Cc1cccc(CN2CCN(c3ncccn3)CC2)c1. The molecule has 0 spiro atoms. The standard InChI is InChI=1S/C17H21N5S/c18-16(23)12-14-3-1-4-15(11-14)13-21-7-9-22(10-8-21)17-19-5-2-6-20-17/h1-6,11H,7-10,12-13H2,(H2,18,23). The van der Waals surface area contributed by atoms with Gasteiger partial charge < -0.3 is 10.6 Å². The molecule has 2 aromatic rings. The summed E-state index contributed by atoms with van der Waals surface area (Å²) >= 11 is 4.99. The lowest BCUT2D eigenvalue weighted by Gasteiger charge is -2.34. The van der Waals surface area contributed by atoms with Crippen molar-refractivity contribution in [1.82, 2.24) is 14.9 Å². The predicted octanol–water partition coefficient (Wildman–Crippen LogP) is 1.63. The van der Waals surface area contributed by atoms with Gasteiger partial charge in [0.2, 0.25) is 5.95 Å². The molecule has 1 aliphatic heterocycles. The minimum atomic E-state index is 0.540. The fourth-order valence-electron chi connectivity index (χ4n) is 2.86. The Labute approximate surface area is 142 Å². The van der Waals surface area contributed by atoms with Crippen molar-refractivity contribution in [3.63, 3.8) is 0 Å². The van der Waals surface area contributed by atoms with Gasteiger partial charge in [-0.15, -0.1) is 0 Å². The average molecular weight is 327 g/mol. The maximum Gasteiger partial charge on any atom is 0.225 e. The number of thiocarbonyl (C=S) groups is 1. The van der Waals surface area contributed by atoms with Gasteiger partial charge in [-0.05, 0) is 17.2 Å². The van der Waals surface area contributed by atoms with Crippen molar-refractivity contribution in [3.8, 4) is 0 Å². The van der Waals surface area contributed by atoms with Gasteiger partial charge in [0.1, 0.15) is 0 Å². The first kappa shape index (κ1) is 15.8. The highest BCUT2D eigenvalue weighted by Crippen LogP contribution is 2.14. The van der Waals surface area contributed by atoms with Crippen molar-refractivity contribution in [2.45, 2.75) is 13.0 Å². The van der Waals surface area contributed by atoms with E-state index in [1.807, 2.05) is 6.07 Å². The fraction of sp³-hybridized carbons (Fsp3) is 0.353. The fourth-order valence-corrected chi connectivity index (χ4v) is 3.02. The monoisotopic (exact) mass is 327 g/mol. The second-order valence-corrected chi connectivity index (χ2v) is 6.30. The van der Waals surface area contributed by atoms with Gasteiger partial charge in [0, 0.05) is 51.5 Å². The van der Waals surface area contributed by atoms with Crippen molar-refractivity contribution in [2.24, 2.45) is 5.73 Å². The Morgan fingerprint density at radius 3 is 2.43 bits per heavy atom. The zero-order valence-corrected chi connectivity index (χ0v) is 13.9. The molecule has 120 valence electrons. The summed E-state index contributed by atoms with van der Waals surface area (Å²) in [7, 11) is 0. The lowest BCUT2D eigenvalue weighted by Crippen LogP contribution is -2.46. The van der Waals surface area contributed by atoms with Crippen LogP contribution in [0.4, 0.5) is 5.95 Å². The number of nitrogens with zero attached hydrogens (tertiary/aromatic N) is 4. The quantitative estimate of drug-likeness (QED) is 0.843. The molecule has 2 heterocycles. The molecule has 3 rings (SSSR count). The molecule has 0 radical (unpaired) electrons. The Hall–Kier alpha value is -2.05. The highest BCUT2D eigenvalue weighted by Gasteiger charge is 2.18. The van der Waals surface area contributed by atoms with Crippen LogP contribution in [-0.2, 0) is 13.0 Å². The second-order valence-electron chi connectivity index (χ2n) is 5.78. The van der Waals surface area contributed by atoms with Crippen LogP contribution in [0.3, 0.4) is 0 Å². The minimum Gasteiger partial charge on any atom is -0.393 e. The molecular weight excluding hydrogens is 306 g/mol. The number of anilines is 1. The third kappa shape index (κ3) is 4.46. The molecule has 5 nitrogen and oxygen atoms in total. The molecule has 0 amide bonds. The highest BCUT2D eigenvalue weighted by atomic mass is 32.1. The maximum absolute atomic E-state index is 5.63. The van der Waals surface area contributed by atoms with E-state index in [-0.39, 0.29) is 0 Å². The molecule has 1 fully saturated rings. The van der Waals surface area contributed by atoms with Crippen LogP contribution in [0.25, 0.3) is 0 Å². The van der Waals surface area contributed by atoms with Gasteiger partial charge in [0.25, 0.3) is 0 Å². The van der Waals surface area contributed by atoms with Gasteiger partial charge in [-0.25, -0.2) is 9.97 Å². The Balaban J connectivity index is 1.55. The van der Waals surface area contributed by atoms with Gasteiger partial charge in [0.05, 0.1) is 4.99 Å². The summed E-state index contributed by atoms with van der Waals surface area (Å²) in [6.45, 7) is 4.89.